The average Bonchev–Trinajstić information content (AvgIpc) is 3.21. The number of hydrogen-bond acceptors (Lipinski definition) is 5. The van der Waals surface area contributed by atoms with Crippen LogP contribution in [0, 0.1) is 5.82 Å². The summed E-state index contributed by atoms with van der Waals surface area (Å²) >= 11 is 0. The summed E-state index contributed by atoms with van der Waals surface area (Å²) in [5.74, 6) is 0.987. The SMILES string of the molecule is COc1ccc(CN2CCCC(c3nn(-c4cccc5cnccc45)c(=O)[nH]3)C2)c(F)c1. The Balaban J connectivity index is 1.38. The maximum absolute atomic E-state index is 14.4. The first kappa shape index (κ1) is 20.4. The van der Waals surface area contributed by atoms with Crippen molar-refractivity contribution in [2.45, 2.75) is 25.3 Å². The number of hydrogen-bond donors (Lipinski definition) is 1. The summed E-state index contributed by atoms with van der Waals surface area (Å²) in [5, 5.41) is 6.52. The highest BCUT2D eigenvalue weighted by Crippen LogP contribution is 2.27. The van der Waals surface area contributed by atoms with Crippen molar-refractivity contribution in [3.8, 4) is 11.4 Å². The van der Waals surface area contributed by atoms with Gasteiger partial charge in [-0.3, -0.25) is 14.9 Å². The predicted molar refractivity (Wildman–Crippen MR) is 120 cm³/mol. The summed E-state index contributed by atoms with van der Waals surface area (Å²) in [6.07, 6.45) is 5.36. The molecule has 2 aromatic carbocycles. The Morgan fingerprint density at radius 1 is 1.25 bits per heavy atom. The summed E-state index contributed by atoms with van der Waals surface area (Å²) < 4.78 is 20.9. The Labute approximate surface area is 184 Å². The van der Waals surface area contributed by atoms with E-state index in [0.717, 1.165) is 35.8 Å². The van der Waals surface area contributed by atoms with Gasteiger partial charge in [-0.25, -0.2) is 9.18 Å². The number of pyridine rings is 1. The maximum atomic E-state index is 14.4. The summed E-state index contributed by atoms with van der Waals surface area (Å²) in [7, 11) is 1.53. The molecule has 164 valence electrons. The number of methoxy groups -OCH3 is 1. The van der Waals surface area contributed by atoms with Gasteiger partial charge in [0, 0.05) is 53.8 Å². The topological polar surface area (TPSA) is 76.0 Å². The van der Waals surface area contributed by atoms with Crippen molar-refractivity contribution in [2.24, 2.45) is 0 Å². The summed E-state index contributed by atoms with van der Waals surface area (Å²) in [4.78, 5) is 22.1. The van der Waals surface area contributed by atoms with Crippen molar-refractivity contribution in [3.05, 3.63) is 82.5 Å². The molecule has 1 aliphatic heterocycles. The first-order valence-electron chi connectivity index (χ1n) is 10.7. The molecule has 8 heteroatoms. The highest BCUT2D eigenvalue weighted by atomic mass is 19.1. The number of fused-ring (bicyclic) bond motifs is 1. The molecule has 1 fully saturated rings. The number of aromatic nitrogens is 4. The second-order valence-electron chi connectivity index (χ2n) is 8.13. The third-order valence-electron chi connectivity index (χ3n) is 6.07. The summed E-state index contributed by atoms with van der Waals surface area (Å²) in [5.41, 5.74) is 1.10. The minimum atomic E-state index is -0.269. The zero-order chi connectivity index (χ0) is 22.1. The molecule has 0 amide bonds. The number of nitrogens with zero attached hydrogens (tertiary/aromatic N) is 4. The van der Waals surface area contributed by atoms with E-state index in [0.29, 0.717) is 30.2 Å². The van der Waals surface area contributed by atoms with Crippen LogP contribution in [0.15, 0.2) is 59.7 Å². The first-order chi connectivity index (χ1) is 15.6. The van der Waals surface area contributed by atoms with Crippen LogP contribution in [0.4, 0.5) is 4.39 Å². The van der Waals surface area contributed by atoms with E-state index in [1.807, 2.05) is 24.3 Å². The average molecular weight is 433 g/mol. The van der Waals surface area contributed by atoms with E-state index < -0.39 is 0 Å². The van der Waals surface area contributed by atoms with Gasteiger partial charge >= 0.3 is 5.69 Å². The lowest BCUT2D eigenvalue weighted by atomic mass is 9.97. The van der Waals surface area contributed by atoms with E-state index >= 15 is 0 Å². The number of benzene rings is 2. The molecule has 0 bridgehead atoms. The highest BCUT2D eigenvalue weighted by molar-refractivity contribution is 5.89. The van der Waals surface area contributed by atoms with Crippen LogP contribution >= 0.6 is 0 Å². The van der Waals surface area contributed by atoms with Gasteiger partial charge < -0.3 is 4.74 Å². The molecule has 0 radical (unpaired) electrons. The van der Waals surface area contributed by atoms with Crippen molar-refractivity contribution in [1.29, 1.82) is 0 Å². The monoisotopic (exact) mass is 433 g/mol. The molecular weight excluding hydrogens is 409 g/mol. The fraction of sp³-hybridized carbons (Fsp3) is 0.292. The summed E-state index contributed by atoms with van der Waals surface area (Å²) in [6.45, 7) is 2.09. The minimum Gasteiger partial charge on any atom is -0.497 e. The quantitative estimate of drug-likeness (QED) is 0.520. The lowest BCUT2D eigenvalue weighted by Gasteiger charge is -2.31. The fourth-order valence-electron chi connectivity index (χ4n) is 4.42. The molecule has 1 unspecified atom stereocenters. The molecule has 3 heterocycles. The molecule has 0 saturated carbocycles. The Morgan fingerprint density at radius 2 is 2.16 bits per heavy atom. The number of nitrogens with one attached hydrogen (secondary N) is 1. The van der Waals surface area contributed by atoms with Crippen LogP contribution in [0.5, 0.6) is 5.75 Å². The molecule has 1 N–H and O–H groups in total. The predicted octanol–water partition coefficient (Wildman–Crippen LogP) is 3.64. The van der Waals surface area contributed by atoms with E-state index in [4.69, 9.17) is 4.74 Å². The van der Waals surface area contributed by atoms with Crippen LogP contribution in [0.1, 0.15) is 30.1 Å². The van der Waals surface area contributed by atoms with Crippen molar-refractivity contribution < 1.29 is 9.13 Å². The molecule has 32 heavy (non-hydrogen) atoms. The minimum absolute atomic E-state index is 0.0793. The molecular formula is C24H24FN5O2. The van der Waals surface area contributed by atoms with Gasteiger partial charge in [0.2, 0.25) is 0 Å². The molecule has 1 atom stereocenters. The maximum Gasteiger partial charge on any atom is 0.348 e. The van der Waals surface area contributed by atoms with Crippen LogP contribution in [-0.4, -0.2) is 44.8 Å². The largest absolute Gasteiger partial charge is 0.497 e. The van der Waals surface area contributed by atoms with Crippen molar-refractivity contribution >= 4 is 10.8 Å². The van der Waals surface area contributed by atoms with Gasteiger partial charge in [0.05, 0.1) is 12.8 Å². The van der Waals surface area contributed by atoms with E-state index in [-0.39, 0.29) is 17.4 Å². The number of likely N-dealkylation sites (tertiary alicyclic amines) is 1. The van der Waals surface area contributed by atoms with Gasteiger partial charge in [-0.1, -0.05) is 18.2 Å². The second-order valence-corrected chi connectivity index (χ2v) is 8.13. The van der Waals surface area contributed by atoms with Gasteiger partial charge in [-0.05, 0) is 37.6 Å². The number of rotatable bonds is 5. The molecule has 1 aliphatic rings. The van der Waals surface area contributed by atoms with E-state index in [2.05, 4.69) is 20.0 Å². The van der Waals surface area contributed by atoms with Crippen LogP contribution < -0.4 is 10.4 Å². The van der Waals surface area contributed by atoms with Crippen LogP contribution in [0.25, 0.3) is 16.5 Å². The van der Waals surface area contributed by atoms with Crippen molar-refractivity contribution in [1.82, 2.24) is 24.6 Å². The molecule has 0 spiro atoms. The van der Waals surface area contributed by atoms with E-state index in [1.165, 1.54) is 17.9 Å². The van der Waals surface area contributed by atoms with Gasteiger partial charge in [0.1, 0.15) is 17.4 Å². The zero-order valence-electron chi connectivity index (χ0n) is 17.8. The van der Waals surface area contributed by atoms with Crippen molar-refractivity contribution in [3.63, 3.8) is 0 Å². The second kappa shape index (κ2) is 8.55. The Hall–Kier alpha value is -3.52. The summed E-state index contributed by atoms with van der Waals surface area (Å²) in [6, 6.07) is 12.6. The van der Waals surface area contributed by atoms with Gasteiger partial charge in [-0.2, -0.15) is 4.68 Å². The van der Waals surface area contributed by atoms with E-state index in [9.17, 15) is 9.18 Å². The Kier molecular flexibility index (Phi) is 5.45. The lowest BCUT2D eigenvalue weighted by molar-refractivity contribution is 0.194. The Morgan fingerprint density at radius 3 is 3.00 bits per heavy atom. The van der Waals surface area contributed by atoms with Gasteiger partial charge in [-0.15, -0.1) is 5.10 Å². The smallest absolute Gasteiger partial charge is 0.348 e. The molecule has 7 nitrogen and oxygen atoms in total. The normalized spacial score (nSPS) is 17.0. The molecule has 2 aromatic heterocycles. The molecule has 5 rings (SSSR count). The third-order valence-corrected chi connectivity index (χ3v) is 6.07. The highest BCUT2D eigenvalue weighted by Gasteiger charge is 2.25. The molecule has 1 saturated heterocycles. The number of halogens is 1. The van der Waals surface area contributed by atoms with Crippen LogP contribution in [-0.2, 0) is 6.54 Å². The Bertz CT molecular complexity index is 1310. The van der Waals surface area contributed by atoms with Crippen LogP contribution in [0.2, 0.25) is 0 Å². The standard InChI is InChI=1S/C24H24FN5O2/c1-32-19-8-7-17(21(25)12-19)14-29-11-3-5-18(15-29)23-27-24(31)30(28-23)22-6-2-4-16-13-26-10-9-20(16)22/h2,4,6-10,12-13,18H,3,5,11,14-15H2,1H3,(H,27,28,31). The van der Waals surface area contributed by atoms with Crippen molar-refractivity contribution in [2.75, 3.05) is 20.2 Å². The number of ether oxygens (including phenoxy) is 1. The number of aromatic amines is 1. The lowest BCUT2D eigenvalue weighted by Crippen LogP contribution is -2.34. The van der Waals surface area contributed by atoms with Gasteiger partial charge in [0.25, 0.3) is 0 Å². The third kappa shape index (κ3) is 3.89. The van der Waals surface area contributed by atoms with Crippen LogP contribution in [0.3, 0.4) is 0 Å². The fourth-order valence-corrected chi connectivity index (χ4v) is 4.42. The zero-order valence-corrected chi connectivity index (χ0v) is 17.8. The first-order valence-corrected chi connectivity index (χ1v) is 10.7. The number of H-pyrrole nitrogens is 1. The molecule has 4 aromatic rings. The number of piperidine rings is 1. The van der Waals surface area contributed by atoms with E-state index in [1.54, 1.807) is 24.5 Å². The molecule has 0 aliphatic carbocycles. The van der Waals surface area contributed by atoms with Gasteiger partial charge in [0.15, 0.2) is 0 Å².